The Labute approximate surface area is 142 Å². The molecule has 0 saturated carbocycles. The topological polar surface area (TPSA) is 75.3 Å². The van der Waals surface area contributed by atoms with Crippen LogP contribution in [0.4, 0.5) is 5.82 Å². The fraction of sp³-hybridized carbons (Fsp3) is 0.647. The van der Waals surface area contributed by atoms with Crippen molar-refractivity contribution in [3.05, 3.63) is 23.7 Å². The molecule has 1 aliphatic heterocycles. The van der Waals surface area contributed by atoms with Crippen molar-refractivity contribution >= 4 is 23.2 Å². The van der Waals surface area contributed by atoms with Gasteiger partial charge in [-0.1, -0.05) is 19.4 Å². The number of aliphatic hydroxyl groups excluding tert-OH is 1. The molecule has 1 aliphatic carbocycles. The van der Waals surface area contributed by atoms with Crippen LogP contribution in [0.3, 0.4) is 0 Å². The number of likely N-dealkylation sites (tertiary alicyclic amines) is 1. The number of anilines is 1. The average Bonchev–Trinajstić information content (AvgIpc) is 3.09. The Morgan fingerprint density at radius 2 is 2.26 bits per heavy atom. The summed E-state index contributed by atoms with van der Waals surface area (Å²) in [7, 11) is 0. The van der Waals surface area contributed by atoms with Crippen LogP contribution in [-0.4, -0.2) is 57.2 Å². The van der Waals surface area contributed by atoms with Crippen LogP contribution in [0, 0.1) is 5.92 Å². The molecule has 6 heteroatoms. The summed E-state index contributed by atoms with van der Waals surface area (Å²) >= 11 is 1.98. The fourth-order valence-electron chi connectivity index (χ4n) is 3.32. The number of nitrogen functional groups attached to an aromatic ring is 1. The number of unbranched alkanes of at least 4 members (excludes halogenated alkanes) is 1. The molecule has 0 spiro atoms. The third-order valence-corrected chi connectivity index (χ3v) is 5.93. The quantitative estimate of drug-likeness (QED) is 0.741. The van der Waals surface area contributed by atoms with Gasteiger partial charge in [-0.25, -0.2) is 9.97 Å². The molecule has 2 aliphatic rings. The van der Waals surface area contributed by atoms with Crippen molar-refractivity contribution in [2.75, 3.05) is 36.9 Å². The van der Waals surface area contributed by atoms with E-state index in [1.807, 2.05) is 11.8 Å². The Hall–Kier alpha value is -1.11. The number of thioether (sulfide) groups is 1. The molecule has 0 bridgehead atoms. The summed E-state index contributed by atoms with van der Waals surface area (Å²) in [5.74, 6) is 3.23. The third kappa shape index (κ3) is 3.87. The van der Waals surface area contributed by atoms with Gasteiger partial charge in [0.15, 0.2) is 0 Å². The molecule has 2 atom stereocenters. The number of rotatable bonds is 7. The summed E-state index contributed by atoms with van der Waals surface area (Å²) in [5.41, 5.74) is 9.19. The number of nitrogens with zero attached hydrogens (tertiary/aromatic N) is 3. The first-order valence-corrected chi connectivity index (χ1v) is 9.61. The van der Waals surface area contributed by atoms with Crippen LogP contribution in [-0.2, 0) is 6.42 Å². The highest BCUT2D eigenvalue weighted by atomic mass is 32.2. The summed E-state index contributed by atoms with van der Waals surface area (Å²) < 4.78 is 0. The maximum absolute atomic E-state index is 10.3. The fourth-order valence-corrected chi connectivity index (χ4v) is 4.61. The summed E-state index contributed by atoms with van der Waals surface area (Å²) in [4.78, 5) is 10.8. The number of aliphatic hydroxyl groups is 1. The van der Waals surface area contributed by atoms with Crippen LogP contribution in [0.2, 0.25) is 0 Å². The van der Waals surface area contributed by atoms with Crippen LogP contribution in [0.15, 0.2) is 12.4 Å². The highest BCUT2D eigenvalue weighted by molar-refractivity contribution is 7.99. The minimum absolute atomic E-state index is 0.207. The van der Waals surface area contributed by atoms with E-state index >= 15 is 0 Å². The second-order valence-corrected chi connectivity index (χ2v) is 7.62. The van der Waals surface area contributed by atoms with Gasteiger partial charge in [-0.05, 0) is 29.9 Å². The van der Waals surface area contributed by atoms with Gasteiger partial charge in [0.25, 0.3) is 0 Å². The van der Waals surface area contributed by atoms with E-state index in [1.54, 1.807) is 6.33 Å². The summed E-state index contributed by atoms with van der Waals surface area (Å²) in [6.07, 6.45) is 6.86. The van der Waals surface area contributed by atoms with Crippen LogP contribution in [0.1, 0.15) is 31.0 Å². The smallest absolute Gasteiger partial charge is 0.130 e. The second-order valence-electron chi connectivity index (χ2n) is 6.47. The summed E-state index contributed by atoms with van der Waals surface area (Å²) in [6, 6.07) is 0. The van der Waals surface area contributed by atoms with Crippen LogP contribution in [0.5, 0.6) is 0 Å². The minimum atomic E-state index is -0.207. The number of allylic oxidation sites excluding steroid dienone is 1. The number of fused-ring (bicyclic) bond motifs is 1. The molecule has 1 aromatic rings. The monoisotopic (exact) mass is 334 g/mol. The highest BCUT2D eigenvalue weighted by Gasteiger charge is 2.32. The van der Waals surface area contributed by atoms with E-state index in [0.717, 1.165) is 43.1 Å². The lowest BCUT2D eigenvalue weighted by Crippen LogP contribution is -2.24. The Balaban J connectivity index is 1.54. The molecule has 5 nitrogen and oxygen atoms in total. The van der Waals surface area contributed by atoms with Crippen LogP contribution >= 0.6 is 11.8 Å². The number of β-amino-alcohol motifs (C(OH)–C–C–N with tert-alkyl or cyclic N) is 1. The molecule has 0 radical (unpaired) electrons. The standard InChI is InChI=1S/C17H26N4OS/c1-2-3-6-23-10-13-8-21(9-15(13)22)7-12-4-5-14-16(12)19-11-20-17(14)18/h4,11,13,15,22H,2-3,5-10H2,1H3,(H2,18,19,20)/t13-,15?/m1/s1. The Bertz CT molecular complexity index is 578. The van der Waals surface area contributed by atoms with E-state index in [2.05, 4.69) is 27.9 Å². The molecular formula is C17H26N4OS. The van der Waals surface area contributed by atoms with E-state index in [1.165, 1.54) is 24.2 Å². The predicted molar refractivity (Wildman–Crippen MR) is 96.3 cm³/mol. The molecule has 1 unspecified atom stereocenters. The number of hydrogen-bond acceptors (Lipinski definition) is 6. The van der Waals surface area contributed by atoms with E-state index in [9.17, 15) is 5.11 Å². The Morgan fingerprint density at radius 3 is 3.09 bits per heavy atom. The zero-order chi connectivity index (χ0) is 16.2. The van der Waals surface area contributed by atoms with E-state index in [0.29, 0.717) is 11.7 Å². The van der Waals surface area contributed by atoms with Gasteiger partial charge in [0.05, 0.1) is 11.8 Å². The minimum Gasteiger partial charge on any atom is -0.391 e. The molecule has 3 N–H and O–H groups in total. The molecule has 3 rings (SSSR count). The van der Waals surface area contributed by atoms with Crippen LogP contribution < -0.4 is 5.73 Å². The normalized spacial score (nSPS) is 24.0. The van der Waals surface area contributed by atoms with Gasteiger partial charge in [-0.3, -0.25) is 4.90 Å². The molecule has 1 aromatic heterocycles. The lowest BCUT2D eigenvalue weighted by Gasteiger charge is -2.16. The Morgan fingerprint density at radius 1 is 1.39 bits per heavy atom. The zero-order valence-corrected chi connectivity index (χ0v) is 14.6. The first kappa shape index (κ1) is 16.7. The van der Waals surface area contributed by atoms with Crippen molar-refractivity contribution in [2.24, 2.45) is 5.92 Å². The van der Waals surface area contributed by atoms with E-state index in [4.69, 9.17) is 5.73 Å². The van der Waals surface area contributed by atoms with Crippen molar-refractivity contribution in [2.45, 2.75) is 32.3 Å². The van der Waals surface area contributed by atoms with E-state index in [-0.39, 0.29) is 6.10 Å². The second kappa shape index (κ2) is 7.64. The predicted octanol–water partition coefficient (Wildman–Crippen LogP) is 1.82. The third-order valence-electron chi connectivity index (χ3n) is 4.69. The van der Waals surface area contributed by atoms with Gasteiger partial charge in [-0.2, -0.15) is 11.8 Å². The number of nitrogens with two attached hydrogens (primary N) is 1. The molecule has 2 heterocycles. The molecule has 1 fully saturated rings. The number of aromatic nitrogens is 2. The largest absolute Gasteiger partial charge is 0.391 e. The molecule has 126 valence electrons. The lowest BCUT2D eigenvalue weighted by atomic mass is 10.1. The van der Waals surface area contributed by atoms with Crippen molar-refractivity contribution in [1.82, 2.24) is 14.9 Å². The maximum atomic E-state index is 10.3. The molecule has 23 heavy (non-hydrogen) atoms. The highest BCUT2D eigenvalue weighted by Crippen LogP contribution is 2.30. The molecular weight excluding hydrogens is 308 g/mol. The van der Waals surface area contributed by atoms with Crippen molar-refractivity contribution in [1.29, 1.82) is 0 Å². The van der Waals surface area contributed by atoms with Gasteiger partial charge in [0.1, 0.15) is 12.1 Å². The van der Waals surface area contributed by atoms with Gasteiger partial charge >= 0.3 is 0 Å². The van der Waals surface area contributed by atoms with Gasteiger partial charge in [-0.15, -0.1) is 0 Å². The number of hydrogen-bond donors (Lipinski definition) is 2. The van der Waals surface area contributed by atoms with E-state index < -0.39 is 0 Å². The van der Waals surface area contributed by atoms with Crippen LogP contribution in [0.25, 0.3) is 5.57 Å². The van der Waals surface area contributed by atoms with Gasteiger partial charge in [0.2, 0.25) is 0 Å². The summed E-state index contributed by atoms with van der Waals surface area (Å²) in [5, 5.41) is 10.3. The van der Waals surface area contributed by atoms with Gasteiger partial charge < -0.3 is 10.8 Å². The molecule has 0 amide bonds. The zero-order valence-electron chi connectivity index (χ0n) is 13.7. The first-order chi connectivity index (χ1) is 11.2. The van der Waals surface area contributed by atoms with Crippen molar-refractivity contribution < 1.29 is 5.11 Å². The molecule has 1 saturated heterocycles. The summed E-state index contributed by atoms with van der Waals surface area (Å²) in [6.45, 7) is 4.78. The maximum Gasteiger partial charge on any atom is 0.130 e. The van der Waals surface area contributed by atoms with Gasteiger partial charge in [0, 0.05) is 31.1 Å². The molecule has 0 aromatic carbocycles. The Kier molecular flexibility index (Phi) is 5.56. The first-order valence-electron chi connectivity index (χ1n) is 8.46. The average molecular weight is 334 g/mol. The SMILES string of the molecule is CCCCSC[C@H]1CN(CC2=CCc3c(N)ncnc32)CC1O. The van der Waals surface area contributed by atoms with Crippen molar-refractivity contribution in [3.63, 3.8) is 0 Å². The van der Waals surface area contributed by atoms with Crippen molar-refractivity contribution in [3.8, 4) is 0 Å². The lowest BCUT2D eigenvalue weighted by molar-refractivity contribution is 0.151.